The van der Waals surface area contributed by atoms with E-state index in [1.54, 1.807) is 17.9 Å². The number of piperidine rings is 1. The molecule has 1 saturated heterocycles. The van der Waals surface area contributed by atoms with Crippen molar-refractivity contribution in [1.82, 2.24) is 19.9 Å². The molecule has 2 N–H and O–H groups in total. The van der Waals surface area contributed by atoms with Crippen molar-refractivity contribution in [3.8, 4) is 0 Å². The highest BCUT2D eigenvalue weighted by molar-refractivity contribution is 5.94. The molecule has 7 nitrogen and oxygen atoms in total. The molecule has 2 aromatic rings. The Morgan fingerprint density at radius 3 is 2.78 bits per heavy atom. The highest BCUT2D eigenvalue weighted by Crippen LogP contribution is 2.26. The first kappa shape index (κ1) is 17.7. The molecule has 1 aliphatic heterocycles. The van der Waals surface area contributed by atoms with Gasteiger partial charge in [-0.05, 0) is 57.1 Å². The minimum Gasteiger partial charge on any atom is -0.338 e. The molecule has 4 rings (SSSR count). The third-order valence-electron chi connectivity index (χ3n) is 5.58. The predicted molar refractivity (Wildman–Crippen MR) is 101 cm³/mol. The minimum absolute atomic E-state index is 0.0143. The average Bonchev–Trinajstić information content (AvgIpc) is 2.66. The molecular weight excluding hydrogens is 344 g/mol. The summed E-state index contributed by atoms with van der Waals surface area (Å²) in [6.07, 6.45) is 5.65. The number of hydrogen-bond donors (Lipinski definition) is 2. The number of nitrogens with zero attached hydrogens (tertiary/aromatic N) is 2. The Labute approximate surface area is 156 Å². The van der Waals surface area contributed by atoms with Crippen LogP contribution in [0.3, 0.4) is 0 Å². The van der Waals surface area contributed by atoms with Crippen molar-refractivity contribution in [3.63, 3.8) is 0 Å². The van der Waals surface area contributed by atoms with Gasteiger partial charge < -0.3 is 14.9 Å². The number of nitrogens with one attached hydrogen (secondary N) is 2. The van der Waals surface area contributed by atoms with Crippen LogP contribution in [-0.2, 0) is 12.8 Å². The van der Waals surface area contributed by atoms with Crippen LogP contribution in [0.15, 0.2) is 21.7 Å². The number of H-pyrrole nitrogens is 2. The molecule has 142 valence electrons. The summed E-state index contributed by atoms with van der Waals surface area (Å²) in [5.74, 6) is 0.364. The van der Waals surface area contributed by atoms with Crippen LogP contribution in [0, 0.1) is 6.92 Å². The first-order valence-corrected chi connectivity index (χ1v) is 9.63. The number of carbonyl (C=O) groups is 1. The van der Waals surface area contributed by atoms with Gasteiger partial charge in [-0.1, -0.05) is 0 Å². The number of hydrogen-bond acceptors (Lipinski definition) is 4. The molecule has 0 saturated carbocycles. The fourth-order valence-corrected chi connectivity index (χ4v) is 4.22. The summed E-state index contributed by atoms with van der Waals surface area (Å²) in [4.78, 5) is 49.0. The molecule has 1 aliphatic carbocycles. The maximum Gasteiger partial charge on any atom is 0.261 e. The maximum atomic E-state index is 13.0. The SMILES string of the molecule is Cc1nc([C@H]2CCCN(C(=O)c3cc4c([nH]c3=O)CCCC4)C2)cc(=O)[nH]1. The topological polar surface area (TPSA) is 98.9 Å². The number of rotatable bonds is 2. The lowest BCUT2D eigenvalue weighted by Gasteiger charge is -2.32. The van der Waals surface area contributed by atoms with Crippen molar-refractivity contribution in [2.24, 2.45) is 0 Å². The van der Waals surface area contributed by atoms with Crippen LogP contribution in [0.4, 0.5) is 0 Å². The third-order valence-corrected chi connectivity index (χ3v) is 5.58. The Morgan fingerprint density at radius 2 is 1.96 bits per heavy atom. The van der Waals surface area contributed by atoms with E-state index in [0.717, 1.165) is 49.8 Å². The van der Waals surface area contributed by atoms with Crippen molar-refractivity contribution in [2.75, 3.05) is 13.1 Å². The summed E-state index contributed by atoms with van der Waals surface area (Å²) >= 11 is 0. The Kier molecular flexibility index (Phi) is 4.68. The van der Waals surface area contributed by atoms with Crippen LogP contribution in [0.1, 0.15) is 64.7 Å². The van der Waals surface area contributed by atoms with Crippen LogP contribution >= 0.6 is 0 Å². The zero-order valence-corrected chi connectivity index (χ0v) is 15.5. The Morgan fingerprint density at radius 1 is 1.15 bits per heavy atom. The van der Waals surface area contributed by atoms with Crippen LogP contribution in [0.5, 0.6) is 0 Å². The van der Waals surface area contributed by atoms with Gasteiger partial charge in [-0.2, -0.15) is 0 Å². The standard InChI is InChI=1S/C20H24N4O3/c1-12-21-17(10-18(25)22-12)14-6-4-8-24(11-14)20(27)15-9-13-5-2-3-7-16(13)23-19(15)26/h9-10,14H,2-8,11H2,1H3,(H,23,26)(H,21,22,25)/t14-/m0/s1. The number of fused-ring (bicyclic) bond motifs is 1. The lowest BCUT2D eigenvalue weighted by atomic mass is 9.93. The molecule has 0 spiro atoms. The van der Waals surface area contributed by atoms with Gasteiger partial charge in [0.05, 0.1) is 5.69 Å². The van der Waals surface area contributed by atoms with Crippen LogP contribution in [0.2, 0.25) is 0 Å². The number of aromatic nitrogens is 3. The lowest BCUT2D eigenvalue weighted by Crippen LogP contribution is -2.41. The fraction of sp³-hybridized carbons (Fsp3) is 0.500. The monoisotopic (exact) mass is 368 g/mol. The quantitative estimate of drug-likeness (QED) is 0.842. The second kappa shape index (κ2) is 7.13. The average molecular weight is 368 g/mol. The number of aromatic amines is 2. The van der Waals surface area contributed by atoms with Crippen LogP contribution in [0.25, 0.3) is 0 Å². The van der Waals surface area contributed by atoms with E-state index in [1.165, 1.54) is 6.07 Å². The number of carbonyl (C=O) groups excluding carboxylic acids is 1. The number of aryl methyl sites for hydroxylation is 3. The molecule has 1 amide bonds. The minimum atomic E-state index is -0.298. The van der Waals surface area contributed by atoms with Crippen molar-refractivity contribution in [2.45, 2.75) is 51.4 Å². The molecule has 2 aromatic heterocycles. The Balaban J connectivity index is 1.59. The largest absolute Gasteiger partial charge is 0.338 e. The predicted octanol–water partition coefficient (Wildman–Crippen LogP) is 1.67. The second-order valence-corrected chi connectivity index (χ2v) is 7.57. The number of amides is 1. The van der Waals surface area contributed by atoms with Crippen LogP contribution in [-0.4, -0.2) is 38.8 Å². The molecule has 0 unspecified atom stereocenters. The van der Waals surface area contributed by atoms with Crippen molar-refractivity contribution in [3.05, 3.63) is 61.2 Å². The smallest absolute Gasteiger partial charge is 0.261 e. The molecule has 3 heterocycles. The normalized spacial score (nSPS) is 19.6. The van der Waals surface area contributed by atoms with Gasteiger partial charge >= 0.3 is 0 Å². The van der Waals surface area contributed by atoms with Gasteiger partial charge in [-0.15, -0.1) is 0 Å². The second-order valence-electron chi connectivity index (χ2n) is 7.57. The van der Waals surface area contributed by atoms with Gasteiger partial charge in [0, 0.05) is 30.8 Å². The van der Waals surface area contributed by atoms with E-state index in [4.69, 9.17) is 0 Å². The molecule has 27 heavy (non-hydrogen) atoms. The van der Waals surface area contributed by atoms with Gasteiger partial charge in [0.15, 0.2) is 0 Å². The van der Waals surface area contributed by atoms with Crippen LogP contribution < -0.4 is 11.1 Å². The molecule has 1 fully saturated rings. The van der Waals surface area contributed by atoms with E-state index in [0.29, 0.717) is 24.6 Å². The molecule has 2 aliphatic rings. The Hall–Kier alpha value is -2.70. The van der Waals surface area contributed by atoms with Gasteiger partial charge in [0.25, 0.3) is 17.0 Å². The summed E-state index contributed by atoms with van der Waals surface area (Å²) in [5.41, 5.74) is 2.53. The van der Waals surface area contributed by atoms with Crippen molar-refractivity contribution >= 4 is 5.91 Å². The summed E-state index contributed by atoms with van der Waals surface area (Å²) in [6.45, 7) is 2.85. The van der Waals surface area contributed by atoms with E-state index >= 15 is 0 Å². The summed E-state index contributed by atoms with van der Waals surface area (Å²) < 4.78 is 0. The lowest BCUT2D eigenvalue weighted by molar-refractivity contribution is 0.0703. The fourth-order valence-electron chi connectivity index (χ4n) is 4.22. The van der Waals surface area contributed by atoms with Crippen molar-refractivity contribution < 1.29 is 4.79 Å². The highest BCUT2D eigenvalue weighted by atomic mass is 16.2. The molecule has 1 atom stereocenters. The van der Waals surface area contributed by atoms with E-state index in [2.05, 4.69) is 15.0 Å². The van der Waals surface area contributed by atoms with E-state index in [-0.39, 0.29) is 28.5 Å². The number of pyridine rings is 1. The van der Waals surface area contributed by atoms with E-state index in [9.17, 15) is 14.4 Å². The summed E-state index contributed by atoms with van der Waals surface area (Å²) in [7, 11) is 0. The number of likely N-dealkylation sites (tertiary alicyclic amines) is 1. The zero-order valence-electron chi connectivity index (χ0n) is 15.5. The molecular formula is C20H24N4O3. The molecule has 0 radical (unpaired) electrons. The van der Waals surface area contributed by atoms with Crippen molar-refractivity contribution in [1.29, 1.82) is 0 Å². The van der Waals surface area contributed by atoms with Gasteiger partial charge in [-0.3, -0.25) is 14.4 Å². The van der Waals surface area contributed by atoms with E-state index in [1.807, 2.05) is 0 Å². The molecule has 0 aromatic carbocycles. The first-order chi connectivity index (χ1) is 13.0. The summed E-state index contributed by atoms with van der Waals surface area (Å²) in [6, 6.07) is 3.30. The summed E-state index contributed by atoms with van der Waals surface area (Å²) in [5, 5.41) is 0. The maximum absolute atomic E-state index is 13.0. The van der Waals surface area contributed by atoms with Gasteiger partial charge in [0.2, 0.25) is 0 Å². The highest BCUT2D eigenvalue weighted by Gasteiger charge is 2.28. The third kappa shape index (κ3) is 3.59. The molecule has 0 bridgehead atoms. The van der Waals surface area contributed by atoms with Gasteiger partial charge in [0.1, 0.15) is 11.4 Å². The first-order valence-electron chi connectivity index (χ1n) is 9.63. The van der Waals surface area contributed by atoms with Gasteiger partial charge in [-0.25, -0.2) is 4.98 Å². The van der Waals surface area contributed by atoms with E-state index < -0.39 is 0 Å². The zero-order chi connectivity index (χ0) is 19.0. The Bertz CT molecular complexity index is 991. The molecule has 7 heteroatoms.